The Balaban J connectivity index is 1.71. The molecular weight excluding hydrogens is 286 g/mol. The Morgan fingerprint density at radius 1 is 1.13 bits per heavy atom. The lowest BCUT2D eigenvalue weighted by atomic mass is 10.0. The van der Waals surface area contributed by atoms with Crippen molar-refractivity contribution in [3.05, 3.63) is 65.2 Å². The number of amides is 1. The zero-order valence-corrected chi connectivity index (χ0v) is 13.8. The Morgan fingerprint density at radius 2 is 1.83 bits per heavy atom. The van der Waals surface area contributed by atoms with Gasteiger partial charge in [-0.25, -0.2) is 0 Å². The van der Waals surface area contributed by atoms with E-state index in [0.29, 0.717) is 6.42 Å². The van der Waals surface area contributed by atoms with E-state index < -0.39 is 0 Å². The number of carbonyl (C=O) groups is 1. The standard InChI is InChI=1S/C20H23NO2/c1-15-5-9-17(10-6-15)19-4-3-13-21(19)20(22)14-16-7-11-18(23-2)12-8-16/h5-12,19H,3-4,13-14H2,1-2H3/t19-/m1/s1. The number of nitrogens with zero attached hydrogens (tertiary/aromatic N) is 1. The van der Waals surface area contributed by atoms with Gasteiger partial charge >= 0.3 is 0 Å². The van der Waals surface area contributed by atoms with Crippen LogP contribution in [0.5, 0.6) is 5.75 Å². The normalized spacial score (nSPS) is 17.3. The molecule has 2 aromatic rings. The minimum absolute atomic E-state index is 0.207. The summed E-state index contributed by atoms with van der Waals surface area (Å²) in [6, 6.07) is 16.5. The Hall–Kier alpha value is -2.29. The van der Waals surface area contributed by atoms with Gasteiger partial charge in [0.15, 0.2) is 0 Å². The molecular formula is C20H23NO2. The topological polar surface area (TPSA) is 29.5 Å². The molecule has 0 spiro atoms. The van der Waals surface area contributed by atoms with Crippen molar-refractivity contribution in [2.24, 2.45) is 0 Å². The molecule has 0 saturated carbocycles. The monoisotopic (exact) mass is 309 g/mol. The van der Waals surface area contributed by atoms with E-state index in [4.69, 9.17) is 4.74 Å². The maximum atomic E-state index is 12.7. The van der Waals surface area contributed by atoms with Crippen LogP contribution in [0.4, 0.5) is 0 Å². The molecule has 1 aliphatic heterocycles. The fourth-order valence-corrected chi connectivity index (χ4v) is 3.22. The highest BCUT2D eigenvalue weighted by Crippen LogP contribution is 2.32. The molecule has 0 aromatic heterocycles. The lowest BCUT2D eigenvalue weighted by Gasteiger charge is -2.25. The summed E-state index contributed by atoms with van der Waals surface area (Å²) >= 11 is 0. The van der Waals surface area contributed by atoms with Crippen molar-refractivity contribution in [1.82, 2.24) is 4.90 Å². The molecule has 23 heavy (non-hydrogen) atoms. The van der Waals surface area contributed by atoms with Gasteiger partial charge in [-0.15, -0.1) is 0 Å². The van der Waals surface area contributed by atoms with Gasteiger partial charge in [0.25, 0.3) is 0 Å². The van der Waals surface area contributed by atoms with Gasteiger partial charge in [0, 0.05) is 6.54 Å². The molecule has 1 heterocycles. The van der Waals surface area contributed by atoms with E-state index in [1.165, 1.54) is 11.1 Å². The predicted molar refractivity (Wildman–Crippen MR) is 91.6 cm³/mol. The minimum atomic E-state index is 0.207. The van der Waals surface area contributed by atoms with Gasteiger partial charge in [-0.05, 0) is 43.0 Å². The first-order valence-corrected chi connectivity index (χ1v) is 8.16. The van der Waals surface area contributed by atoms with Gasteiger partial charge in [0.1, 0.15) is 5.75 Å². The fraction of sp³-hybridized carbons (Fsp3) is 0.350. The smallest absolute Gasteiger partial charge is 0.227 e. The summed E-state index contributed by atoms with van der Waals surface area (Å²) in [5.74, 6) is 1.03. The first-order valence-electron chi connectivity index (χ1n) is 8.16. The van der Waals surface area contributed by atoms with Crippen molar-refractivity contribution in [3.8, 4) is 5.75 Å². The third-order valence-electron chi connectivity index (χ3n) is 4.55. The van der Waals surface area contributed by atoms with Crippen molar-refractivity contribution in [3.63, 3.8) is 0 Å². The average molecular weight is 309 g/mol. The van der Waals surface area contributed by atoms with Crippen molar-refractivity contribution in [1.29, 1.82) is 0 Å². The molecule has 2 aromatic carbocycles. The van der Waals surface area contributed by atoms with Gasteiger partial charge in [-0.3, -0.25) is 4.79 Å². The van der Waals surface area contributed by atoms with E-state index in [1.807, 2.05) is 29.2 Å². The van der Waals surface area contributed by atoms with Crippen molar-refractivity contribution in [2.75, 3.05) is 13.7 Å². The van der Waals surface area contributed by atoms with E-state index in [2.05, 4.69) is 31.2 Å². The second kappa shape index (κ2) is 6.86. The molecule has 0 bridgehead atoms. The van der Waals surface area contributed by atoms with Crippen LogP contribution in [0, 0.1) is 6.92 Å². The SMILES string of the molecule is COc1ccc(CC(=O)N2CCC[C@@H]2c2ccc(C)cc2)cc1. The van der Waals surface area contributed by atoms with E-state index >= 15 is 0 Å². The largest absolute Gasteiger partial charge is 0.497 e. The third kappa shape index (κ3) is 3.55. The number of hydrogen-bond donors (Lipinski definition) is 0. The molecule has 3 rings (SSSR count). The summed E-state index contributed by atoms with van der Waals surface area (Å²) in [6.45, 7) is 2.94. The molecule has 120 valence electrons. The summed E-state index contributed by atoms with van der Waals surface area (Å²) < 4.78 is 5.16. The summed E-state index contributed by atoms with van der Waals surface area (Å²) in [4.78, 5) is 14.8. The lowest BCUT2D eigenvalue weighted by Crippen LogP contribution is -2.31. The third-order valence-corrected chi connectivity index (χ3v) is 4.55. The van der Waals surface area contributed by atoms with Crippen LogP contribution in [0.15, 0.2) is 48.5 Å². The van der Waals surface area contributed by atoms with Gasteiger partial charge in [0.05, 0.1) is 19.6 Å². The van der Waals surface area contributed by atoms with Crippen molar-refractivity contribution >= 4 is 5.91 Å². The summed E-state index contributed by atoms with van der Waals surface area (Å²) in [7, 11) is 1.65. The van der Waals surface area contributed by atoms with Gasteiger partial charge in [0.2, 0.25) is 5.91 Å². The molecule has 1 aliphatic rings. The number of aryl methyl sites for hydroxylation is 1. The molecule has 0 radical (unpaired) electrons. The molecule has 0 N–H and O–H groups in total. The Labute approximate surface area is 137 Å². The minimum Gasteiger partial charge on any atom is -0.497 e. The van der Waals surface area contributed by atoms with Crippen LogP contribution < -0.4 is 4.74 Å². The highest BCUT2D eigenvalue weighted by Gasteiger charge is 2.29. The van der Waals surface area contributed by atoms with Crippen LogP contribution >= 0.6 is 0 Å². The second-order valence-electron chi connectivity index (χ2n) is 6.18. The van der Waals surface area contributed by atoms with E-state index in [9.17, 15) is 4.79 Å². The number of benzene rings is 2. The first kappa shape index (κ1) is 15.6. The zero-order valence-electron chi connectivity index (χ0n) is 13.8. The van der Waals surface area contributed by atoms with Crippen molar-refractivity contribution in [2.45, 2.75) is 32.2 Å². The molecule has 3 heteroatoms. The number of rotatable bonds is 4. The second-order valence-corrected chi connectivity index (χ2v) is 6.18. The van der Waals surface area contributed by atoms with Gasteiger partial charge in [-0.1, -0.05) is 42.0 Å². The fourth-order valence-electron chi connectivity index (χ4n) is 3.22. The van der Waals surface area contributed by atoms with Crippen LogP contribution in [0.1, 0.15) is 35.6 Å². The molecule has 1 fully saturated rings. The molecule has 1 atom stereocenters. The van der Waals surface area contributed by atoms with E-state index in [-0.39, 0.29) is 11.9 Å². The van der Waals surface area contributed by atoms with Crippen LogP contribution in [0.3, 0.4) is 0 Å². The zero-order chi connectivity index (χ0) is 16.2. The highest BCUT2D eigenvalue weighted by atomic mass is 16.5. The number of hydrogen-bond acceptors (Lipinski definition) is 2. The van der Waals surface area contributed by atoms with E-state index in [1.54, 1.807) is 7.11 Å². The molecule has 0 unspecified atom stereocenters. The number of carbonyl (C=O) groups excluding carboxylic acids is 1. The summed E-state index contributed by atoms with van der Waals surface area (Å²) in [5.41, 5.74) is 3.53. The van der Waals surface area contributed by atoms with Gasteiger partial charge in [-0.2, -0.15) is 0 Å². The van der Waals surface area contributed by atoms with Crippen LogP contribution in [0.25, 0.3) is 0 Å². The Morgan fingerprint density at radius 3 is 2.48 bits per heavy atom. The number of likely N-dealkylation sites (tertiary alicyclic amines) is 1. The molecule has 0 aliphatic carbocycles. The maximum absolute atomic E-state index is 12.7. The summed E-state index contributed by atoms with van der Waals surface area (Å²) in [5, 5.41) is 0. The van der Waals surface area contributed by atoms with Crippen LogP contribution in [-0.2, 0) is 11.2 Å². The van der Waals surface area contributed by atoms with Crippen LogP contribution in [0.2, 0.25) is 0 Å². The Kier molecular flexibility index (Phi) is 4.65. The predicted octanol–water partition coefficient (Wildman–Crippen LogP) is 3.91. The number of methoxy groups -OCH3 is 1. The summed E-state index contributed by atoms with van der Waals surface area (Å²) in [6.07, 6.45) is 2.58. The lowest BCUT2D eigenvalue weighted by molar-refractivity contribution is -0.131. The first-order chi connectivity index (χ1) is 11.2. The van der Waals surface area contributed by atoms with E-state index in [0.717, 1.165) is 30.7 Å². The molecule has 1 saturated heterocycles. The van der Waals surface area contributed by atoms with Gasteiger partial charge < -0.3 is 9.64 Å². The number of ether oxygens (including phenoxy) is 1. The van der Waals surface area contributed by atoms with Crippen LogP contribution in [-0.4, -0.2) is 24.5 Å². The quantitative estimate of drug-likeness (QED) is 0.857. The van der Waals surface area contributed by atoms with Crippen molar-refractivity contribution < 1.29 is 9.53 Å². The molecule has 3 nitrogen and oxygen atoms in total. The Bertz CT molecular complexity index is 661. The maximum Gasteiger partial charge on any atom is 0.227 e. The average Bonchev–Trinajstić information content (AvgIpc) is 3.06. The highest BCUT2D eigenvalue weighted by molar-refractivity contribution is 5.79. The molecule has 1 amide bonds.